The molecule has 0 saturated heterocycles. The standard InChI is InChI=1S/C15H21N3OS/c1-3-10-9-20-13-12(10)17-15(18(4-2)14(13)19)16-11-7-5-6-8-11/h9,11H,3-8H2,1-2H3,(H,16,17). The van der Waals surface area contributed by atoms with Gasteiger partial charge in [0.15, 0.2) is 0 Å². The summed E-state index contributed by atoms with van der Waals surface area (Å²) in [7, 11) is 0. The zero-order valence-electron chi connectivity index (χ0n) is 12.1. The molecule has 3 rings (SSSR count). The second kappa shape index (κ2) is 5.56. The average Bonchev–Trinajstić information content (AvgIpc) is 3.08. The molecule has 2 heterocycles. The van der Waals surface area contributed by atoms with Crippen molar-refractivity contribution < 1.29 is 0 Å². The number of thiophene rings is 1. The van der Waals surface area contributed by atoms with Crippen LogP contribution in [0.4, 0.5) is 5.95 Å². The summed E-state index contributed by atoms with van der Waals surface area (Å²) in [6.07, 6.45) is 5.83. The van der Waals surface area contributed by atoms with Crippen LogP contribution in [0, 0.1) is 0 Å². The summed E-state index contributed by atoms with van der Waals surface area (Å²) in [6.45, 7) is 4.78. The van der Waals surface area contributed by atoms with E-state index in [1.165, 1.54) is 42.6 Å². The number of aromatic nitrogens is 2. The second-order valence-electron chi connectivity index (χ2n) is 5.40. The Balaban J connectivity index is 2.10. The van der Waals surface area contributed by atoms with E-state index in [1.807, 2.05) is 6.92 Å². The normalized spacial score (nSPS) is 16.1. The number of aryl methyl sites for hydroxylation is 1. The Morgan fingerprint density at radius 1 is 1.40 bits per heavy atom. The highest BCUT2D eigenvalue weighted by Gasteiger charge is 2.19. The van der Waals surface area contributed by atoms with Crippen LogP contribution in [0.15, 0.2) is 10.2 Å². The maximum absolute atomic E-state index is 12.6. The summed E-state index contributed by atoms with van der Waals surface area (Å²) < 4.78 is 2.57. The van der Waals surface area contributed by atoms with Gasteiger partial charge in [-0.15, -0.1) is 11.3 Å². The lowest BCUT2D eigenvalue weighted by Gasteiger charge is -2.17. The zero-order chi connectivity index (χ0) is 14.1. The maximum Gasteiger partial charge on any atom is 0.272 e. The van der Waals surface area contributed by atoms with Gasteiger partial charge < -0.3 is 5.32 Å². The number of hydrogen-bond donors (Lipinski definition) is 1. The lowest BCUT2D eigenvalue weighted by molar-refractivity contribution is 0.682. The first-order chi connectivity index (χ1) is 9.74. The van der Waals surface area contributed by atoms with Gasteiger partial charge in [0.1, 0.15) is 4.70 Å². The fraction of sp³-hybridized carbons (Fsp3) is 0.600. The van der Waals surface area contributed by atoms with Crippen molar-refractivity contribution in [2.45, 2.75) is 58.5 Å². The van der Waals surface area contributed by atoms with Crippen molar-refractivity contribution in [3.63, 3.8) is 0 Å². The number of rotatable bonds is 4. The molecule has 1 aliphatic carbocycles. The van der Waals surface area contributed by atoms with Gasteiger partial charge in [-0.1, -0.05) is 19.8 Å². The molecule has 20 heavy (non-hydrogen) atoms. The van der Waals surface area contributed by atoms with Crippen LogP contribution in [0.25, 0.3) is 10.2 Å². The number of anilines is 1. The van der Waals surface area contributed by atoms with Gasteiger partial charge in [-0.05, 0) is 37.1 Å². The van der Waals surface area contributed by atoms with Crippen molar-refractivity contribution >= 4 is 27.5 Å². The lowest BCUT2D eigenvalue weighted by atomic mass is 10.2. The van der Waals surface area contributed by atoms with Gasteiger partial charge in [0.25, 0.3) is 5.56 Å². The van der Waals surface area contributed by atoms with Crippen LogP contribution >= 0.6 is 11.3 Å². The third kappa shape index (κ3) is 2.24. The number of fused-ring (bicyclic) bond motifs is 1. The predicted molar refractivity (Wildman–Crippen MR) is 84.8 cm³/mol. The van der Waals surface area contributed by atoms with E-state index < -0.39 is 0 Å². The van der Waals surface area contributed by atoms with E-state index >= 15 is 0 Å². The Hall–Kier alpha value is -1.36. The molecule has 0 radical (unpaired) electrons. The highest BCUT2D eigenvalue weighted by atomic mass is 32.1. The van der Waals surface area contributed by atoms with Gasteiger partial charge in [0.2, 0.25) is 5.95 Å². The molecule has 0 spiro atoms. The van der Waals surface area contributed by atoms with Gasteiger partial charge in [0.05, 0.1) is 5.52 Å². The van der Waals surface area contributed by atoms with Crippen LogP contribution in [-0.4, -0.2) is 15.6 Å². The molecular formula is C15H21N3OS. The first-order valence-electron chi connectivity index (χ1n) is 7.52. The smallest absolute Gasteiger partial charge is 0.272 e. The first-order valence-corrected chi connectivity index (χ1v) is 8.40. The van der Waals surface area contributed by atoms with Crippen LogP contribution in [-0.2, 0) is 13.0 Å². The van der Waals surface area contributed by atoms with E-state index in [0.717, 1.165) is 22.6 Å². The molecule has 0 unspecified atom stereocenters. The quantitative estimate of drug-likeness (QED) is 0.939. The van der Waals surface area contributed by atoms with Crippen molar-refractivity contribution in [1.82, 2.24) is 9.55 Å². The summed E-state index contributed by atoms with van der Waals surface area (Å²) in [5.41, 5.74) is 2.18. The SMILES string of the molecule is CCc1csc2c(=O)n(CC)c(NC3CCCC3)nc12. The maximum atomic E-state index is 12.6. The van der Waals surface area contributed by atoms with Gasteiger partial charge in [-0.2, -0.15) is 0 Å². The van der Waals surface area contributed by atoms with Gasteiger partial charge in [-0.25, -0.2) is 4.98 Å². The Bertz CT molecular complexity index is 668. The van der Waals surface area contributed by atoms with Crippen molar-refractivity contribution in [2.75, 3.05) is 5.32 Å². The van der Waals surface area contributed by atoms with Crippen LogP contribution in [0.3, 0.4) is 0 Å². The fourth-order valence-electron chi connectivity index (χ4n) is 2.95. The van der Waals surface area contributed by atoms with E-state index in [2.05, 4.69) is 17.6 Å². The highest BCUT2D eigenvalue weighted by Crippen LogP contribution is 2.25. The molecule has 0 aromatic carbocycles. The van der Waals surface area contributed by atoms with Crippen LogP contribution in [0.5, 0.6) is 0 Å². The summed E-state index contributed by atoms with van der Waals surface area (Å²) >= 11 is 1.52. The molecule has 108 valence electrons. The molecule has 1 fully saturated rings. The minimum absolute atomic E-state index is 0.0997. The molecule has 4 nitrogen and oxygen atoms in total. The topological polar surface area (TPSA) is 46.9 Å². The average molecular weight is 291 g/mol. The van der Waals surface area contributed by atoms with Crippen molar-refractivity contribution in [1.29, 1.82) is 0 Å². The summed E-state index contributed by atoms with van der Waals surface area (Å²) in [4.78, 5) is 17.3. The fourth-order valence-corrected chi connectivity index (χ4v) is 3.99. The highest BCUT2D eigenvalue weighted by molar-refractivity contribution is 7.17. The van der Waals surface area contributed by atoms with E-state index in [4.69, 9.17) is 4.98 Å². The van der Waals surface area contributed by atoms with Gasteiger partial charge in [0, 0.05) is 12.6 Å². The van der Waals surface area contributed by atoms with E-state index in [-0.39, 0.29) is 5.56 Å². The van der Waals surface area contributed by atoms with Crippen molar-refractivity contribution in [2.24, 2.45) is 0 Å². The molecule has 2 aromatic heterocycles. The third-order valence-corrected chi connectivity index (χ3v) is 5.14. The minimum Gasteiger partial charge on any atom is -0.353 e. The van der Waals surface area contributed by atoms with Gasteiger partial charge >= 0.3 is 0 Å². The van der Waals surface area contributed by atoms with E-state index in [0.29, 0.717) is 12.6 Å². The number of nitrogens with zero attached hydrogens (tertiary/aromatic N) is 2. The Morgan fingerprint density at radius 3 is 2.80 bits per heavy atom. The van der Waals surface area contributed by atoms with Gasteiger partial charge in [-0.3, -0.25) is 9.36 Å². The zero-order valence-corrected chi connectivity index (χ0v) is 12.9. The summed E-state index contributed by atoms with van der Waals surface area (Å²) in [6, 6.07) is 0.473. The van der Waals surface area contributed by atoms with Crippen LogP contribution in [0.1, 0.15) is 45.1 Å². The number of hydrogen-bond acceptors (Lipinski definition) is 4. The molecule has 1 N–H and O–H groups in total. The minimum atomic E-state index is 0.0997. The Morgan fingerprint density at radius 2 is 2.15 bits per heavy atom. The van der Waals surface area contributed by atoms with Crippen LogP contribution in [0.2, 0.25) is 0 Å². The second-order valence-corrected chi connectivity index (χ2v) is 6.28. The molecule has 0 atom stereocenters. The van der Waals surface area contributed by atoms with E-state index in [1.54, 1.807) is 4.57 Å². The predicted octanol–water partition coefficient (Wildman–Crippen LogP) is 3.39. The Kier molecular flexibility index (Phi) is 3.78. The molecule has 0 amide bonds. The molecule has 2 aromatic rings. The lowest BCUT2D eigenvalue weighted by Crippen LogP contribution is -2.27. The molecule has 5 heteroatoms. The van der Waals surface area contributed by atoms with Crippen molar-refractivity contribution in [3.8, 4) is 0 Å². The monoisotopic (exact) mass is 291 g/mol. The first kappa shape index (κ1) is 13.6. The van der Waals surface area contributed by atoms with E-state index in [9.17, 15) is 4.79 Å². The summed E-state index contributed by atoms with van der Waals surface area (Å²) in [5.74, 6) is 0.755. The summed E-state index contributed by atoms with van der Waals surface area (Å²) in [5, 5.41) is 5.56. The van der Waals surface area contributed by atoms with Crippen LogP contribution < -0.4 is 10.9 Å². The Labute approximate surface area is 122 Å². The largest absolute Gasteiger partial charge is 0.353 e. The van der Waals surface area contributed by atoms with Crippen molar-refractivity contribution in [3.05, 3.63) is 21.3 Å². The number of nitrogens with one attached hydrogen (secondary N) is 1. The molecular weight excluding hydrogens is 270 g/mol. The molecule has 0 aliphatic heterocycles. The molecule has 0 bridgehead atoms. The molecule has 1 saturated carbocycles. The molecule has 1 aliphatic rings. The third-order valence-electron chi connectivity index (χ3n) is 4.14.